The molecular formula is C16H14Cl2N4O2. The number of nitrogens with one attached hydrogen (secondary N) is 1. The molecule has 0 saturated carbocycles. The van der Waals surface area contributed by atoms with Gasteiger partial charge < -0.3 is 9.84 Å². The Morgan fingerprint density at radius 3 is 2.75 bits per heavy atom. The van der Waals surface area contributed by atoms with E-state index in [1.807, 2.05) is 6.07 Å². The quantitative estimate of drug-likeness (QED) is 0.756. The highest BCUT2D eigenvalue weighted by atomic mass is 35.5. The van der Waals surface area contributed by atoms with Gasteiger partial charge in [0.05, 0.1) is 18.4 Å². The van der Waals surface area contributed by atoms with Crippen molar-refractivity contribution in [2.75, 3.05) is 5.32 Å². The van der Waals surface area contributed by atoms with Crippen LogP contribution in [0.15, 0.2) is 35.0 Å². The van der Waals surface area contributed by atoms with Crippen LogP contribution in [0.2, 0.25) is 10.0 Å². The van der Waals surface area contributed by atoms with Gasteiger partial charge in [0.25, 0.3) is 5.91 Å². The molecule has 2 aromatic heterocycles. The third kappa shape index (κ3) is 3.29. The number of aryl methyl sites for hydroxylation is 2. The number of hydrogen-bond acceptors (Lipinski definition) is 4. The number of rotatable bonds is 4. The van der Waals surface area contributed by atoms with Gasteiger partial charge in [0.2, 0.25) is 0 Å². The van der Waals surface area contributed by atoms with E-state index < -0.39 is 0 Å². The lowest BCUT2D eigenvalue weighted by atomic mass is 10.2. The van der Waals surface area contributed by atoms with Gasteiger partial charge in [-0.25, -0.2) is 4.68 Å². The summed E-state index contributed by atoms with van der Waals surface area (Å²) in [6, 6.07) is 6.96. The number of hydrogen-bond donors (Lipinski definition) is 1. The minimum Gasteiger partial charge on any atom is -0.361 e. The number of benzene rings is 1. The molecule has 0 bridgehead atoms. The fourth-order valence-corrected chi connectivity index (χ4v) is 2.83. The molecule has 2 heterocycles. The van der Waals surface area contributed by atoms with E-state index in [0.717, 1.165) is 5.56 Å². The molecule has 3 aromatic rings. The topological polar surface area (TPSA) is 73.0 Å². The summed E-state index contributed by atoms with van der Waals surface area (Å²) in [7, 11) is 0. The van der Waals surface area contributed by atoms with Crippen molar-refractivity contribution in [2.24, 2.45) is 0 Å². The molecule has 0 saturated heterocycles. The van der Waals surface area contributed by atoms with Crippen LogP contribution in [0.1, 0.15) is 27.4 Å². The number of aromatic nitrogens is 3. The maximum Gasteiger partial charge on any atom is 0.262 e. The van der Waals surface area contributed by atoms with Crippen molar-refractivity contribution in [1.82, 2.24) is 14.9 Å². The van der Waals surface area contributed by atoms with Gasteiger partial charge in [0, 0.05) is 16.1 Å². The fraction of sp³-hybridized carbons (Fsp3) is 0.188. The molecule has 24 heavy (non-hydrogen) atoms. The van der Waals surface area contributed by atoms with Gasteiger partial charge in [0.1, 0.15) is 17.1 Å². The highest BCUT2D eigenvalue weighted by Gasteiger charge is 2.19. The zero-order valence-electron chi connectivity index (χ0n) is 13.0. The standard InChI is InChI=1S/C16H14Cl2N4O2/c1-9-15(10(2)24-21-9)16(23)20-14-5-6-19-22(14)8-11-3-4-12(17)7-13(11)18/h3-7H,8H2,1-2H3,(H,20,23). The van der Waals surface area contributed by atoms with E-state index in [4.69, 9.17) is 27.7 Å². The molecule has 0 aliphatic heterocycles. The predicted molar refractivity (Wildman–Crippen MR) is 91.7 cm³/mol. The van der Waals surface area contributed by atoms with E-state index in [2.05, 4.69) is 15.6 Å². The second-order valence-corrected chi connectivity index (χ2v) is 6.11. The number of nitrogens with zero attached hydrogens (tertiary/aromatic N) is 3. The van der Waals surface area contributed by atoms with Crippen molar-refractivity contribution < 1.29 is 9.32 Å². The first-order chi connectivity index (χ1) is 11.5. The van der Waals surface area contributed by atoms with E-state index in [1.165, 1.54) is 0 Å². The Morgan fingerprint density at radius 1 is 1.29 bits per heavy atom. The Labute approximate surface area is 148 Å². The average Bonchev–Trinajstić information content (AvgIpc) is 3.09. The minimum atomic E-state index is -0.296. The summed E-state index contributed by atoms with van der Waals surface area (Å²) >= 11 is 12.1. The van der Waals surface area contributed by atoms with Crippen molar-refractivity contribution in [1.29, 1.82) is 0 Å². The lowest BCUT2D eigenvalue weighted by Crippen LogP contribution is -2.17. The first kappa shape index (κ1) is 16.5. The SMILES string of the molecule is Cc1noc(C)c1C(=O)Nc1ccnn1Cc1ccc(Cl)cc1Cl. The van der Waals surface area contributed by atoms with Gasteiger partial charge in [-0.3, -0.25) is 4.79 Å². The third-order valence-corrected chi connectivity index (χ3v) is 4.14. The van der Waals surface area contributed by atoms with Crippen LogP contribution < -0.4 is 5.32 Å². The Bertz CT molecular complexity index is 882. The largest absolute Gasteiger partial charge is 0.361 e. The van der Waals surface area contributed by atoms with Gasteiger partial charge in [-0.1, -0.05) is 34.4 Å². The smallest absolute Gasteiger partial charge is 0.262 e. The first-order valence-electron chi connectivity index (χ1n) is 7.15. The van der Waals surface area contributed by atoms with Gasteiger partial charge in [-0.05, 0) is 31.5 Å². The third-order valence-electron chi connectivity index (χ3n) is 3.55. The monoisotopic (exact) mass is 364 g/mol. The van der Waals surface area contributed by atoms with Gasteiger partial charge >= 0.3 is 0 Å². The zero-order chi connectivity index (χ0) is 17.3. The summed E-state index contributed by atoms with van der Waals surface area (Å²) in [5, 5.41) is 11.9. The molecule has 1 amide bonds. The summed E-state index contributed by atoms with van der Waals surface area (Å²) < 4.78 is 6.67. The molecule has 3 rings (SSSR count). The Balaban J connectivity index is 1.82. The minimum absolute atomic E-state index is 0.296. The Hall–Kier alpha value is -2.31. The molecule has 0 atom stereocenters. The van der Waals surface area contributed by atoms with Crippen molar-refractivity contribution in [2.45, 2.75) is 20.4 Å². The molecule has 0 fully saturated rings. The Morgan fingerprint density at radius 2 is 2.08 bits per heavy atom. The summed E-state index contributed by atoms with van der Waals surface area (Å²) in [6.45, 7) is 3.82. The van der Waals surface area contributed by atoms with E-state index in [-0.39, 0.29) is 5.91 Å². The molecule has 0 spiro atoms. The van der Waals surface area contributed by atoms with Crippen LogP contribution in [-0.2, 0) is 6.54 Å². The highest BCUT2D eigenvalue weighted by molar-refractivity contribution is 6.35. The van der Waals surface area contributed by atoms with Crippen LogP contribution in [0.25, 0.3) is 0 Å². The molecule has 1 N–H and O–H groups in total. The predicted octanol–water partition coefficient (Wildman–Crippen LogP) is 4.10. The molecule has 124 valence electrons. The number of amides is 1. The van der Waals surface area contributed by atoms with Gasteiger partial charge in [-0.2, -0.15) is 5.10 Å². The van der Waals surface area contributed by atoms with E-state index in [1.54, 1.807) is 42.9 Å². The number of carbonyl (C=O) groups is 1. The summed E-state index contributed by atoms with van der Waals surface area (Å²) in [6.07, 6.45) is 1.60. The van der Waals surface area contributed by atoms with Crippen molar-refractivity contribution in [3.8, 4) is 0 Å². The van der Waals surface area contributed by atoms with Crippen LogP contribution in [0.3, 0.4) is 0 Å². The number of carbonyl (C=O) groups excluding carboxylic acids is 1. The molecule has 8 heteroatoms. The van der Waals surface area contributed by atoms with Gasteiger partial charge in [0.15, 0.2) is 0 Å². The van der Waals surface area contributed by atoms with Crippen LogP contribution in [0.4, 0.5) is 5.82 Å². The van der Waals surface area contributed by atoms with E-state index in [9.17, 15) is 4.79 Å². The molecule has 0 aliphatic carbocycles. The van der Waals surface area contributed by atoms with Crippen LogP contribution in [-0.4, -0.2) is 20.8 Å². The van der Waals surface area contributed by atoms with Crippen LogP contribution in [0.5, 0.6) is 0 Å². The maximum absolute atomic E-state index is 12.4. The maximum atomic E-state index is 12.4. The van der Waals surface area contributed by atoms with Crippen molar-refractivity contribution in [3.05, 3.63) is 63.1 Å². The molecular weight excluding hydrogens is 351 g/mol. The lowest BCUT2D eigenvalue weighted by molar-refractivity contribution is 0.102. The molecule has 1 aromatic carbocycles. The summed E-state index contributed by atoms with van der Waals surface area (Å²) in [4.78, 5) is 12.4. The number of anilines is 1. The molecule has 0 unspecified atom stereocenters. The molecule has 6 nitrogen and oxygen atoms in total. The molecule has 0 radical (unpaired) electrons. The highest BCUT2D eigenvalue weighted by Crippen LogP contribution is 2.23. The average molecular weight is 365 g/mol. The van der Waals surface area contributed by atoms with Crippen LogP contribution >= 0.6 is 23.2 Å². The van der Waals surface area contributed by atoms with E-state index in [0.29, 0.717) is 39.4 Å². The summed E-state index contributed by atoms with van der Waals surface area (Å²) in [5.41, 5.74) is 1.81. The number of halogens is 2. The normalized spacial score (nSPS) is 10.8. The fourth-order valence-electron chi connectivity index (χ4n) is 2.36. The summed E-state index contributed by atoms with van der Waals surface area (Å²) in [5.74, 6) is 0.720. The van der Waals surface area contributed by atoms with Gasteiger partial charge in [-0.15, -0.1) is 0 Å². The lowest BCUT2D eigenvalue weighted by Gasteiger charge is -2.10. The Kier molecular flexibility index (Phi) is 4.59. The molecule has 0 aliphatic rings. The second kappa shape index (κ2) is 6.67. The van der Waals surface area contributed by atoms with Crippen molar-refractivity contribution in [3.63, 3.8) is 0 Å². The van der Waals surface area contributed by atoms with Crippen molar-refractivity contribution >= 4 is 34.9 Å². The van der Waals surface area contributed by atoms with Crippen LogP contribution in [0, 0.1) is 13.8 Å². The second-order valence-electron chi connectivity index (χ2n) is 5.26. The first-order valence-corrected chi connectivity index (χ1v) is 7.91. The zero-order valence-corrected chi connectivity index (χ0v) is 14.5. The van der Waals surface area contributed by atoms with E-state index >= 15 is 0 Å².